The van der Waals surface area contributed by atoms with Crippen molar-refractivity contribution in [1.29, 1.82) is 0 Å². The van der Waals surface area contributed by atoms with Gasteiger partial charge in [0.15, 0.2) is 0 Å². The molecule has 1 aliphatic heterocycles. The Morgan fingerprint density at radius 3 is 2.69 bits per heavy atom. The number of nitrogens with zero attached hydrogens (tertiary/aromatic N) is 5. The van der Waals surface area contributed by atoms with Gasteiger partial charge in [0.05, 0.1) is 17.9 Å². The number of hydrogen-bond acceptors (Lipinski definition) is 4. The Hall–Kier alpha value is -2.82. The lowest BCUT2D eigenvalue weighted by Crippen LogP contribution is -2.36. The Morgan fingerprint density at radius 2 is 2.03 bits per heavy atom. The molecule has 6 nitrogen and oxygen atoms in total. The molecule has 152 valence electrons. The molecule has 1 aliphatic carbocycles. The fraction of sp³-hybridized carbons (Fsp3) is 0.524. The minimum absolute atomic E-state index is 0.108. The van der Waals surface area contributed by atoms with Crippen LogP contribution in [0.5, 0.6) is 0 Å². The maximum Gasteiger partial charge on any atom is 0.298 e. The number of rotatable bonds is 2. The van der Waals surface area contributed by atoms with E-state index in [-0.39, 0.29) is 24.7 Å². The summed E-state index contributed by atoms with van der Waals surface area (Å²) in [5.41, 5.74) is 3.23. The predicted octanol–water partition coefficient (Wildman–Crippen LogP) is 3.08. The Morgan fingerprint density at radius 1 is 1.28 bits per heavy atom. The summed E-state index contributed by atoms with van der Waals surface area (Å²) in [6, 6.07) is 1.89. The SMILES string of the molecule is CC#CC(=O)N1CCc2c(nc(C3CCC(F)(F)CC3)nc2-c2ccn(C)n2)C1. The molecule has 0 saturated heterocycles. The second-order valence-electron chi connectivity index (χ2n) is 7.71. The lowest BCUT2D eigenvalue weighted by molar-refractivity contribution is -0.126. The molecule has 4 rings (SSSR count). The van der Waals surface area contributed by atoms with E-state index in [1.807, 2.05) is 19.3 Å². The maximum absolute atomic E-state index is 13.6. The van der Waals surface area contributed by atoms with Gasteiger partial charge in [-0.1, -0.05) is 5.92 Å². The molecule has 2 aliphatic rings. The molecule has 3 heterocycles. The molecular formula is C21H23F2N5O. The van der Waals surface area contributed by atoms with Gasteiger partial charge in [-0.2, -0.15) is 5.10 Å². The molecule has 1 amide bonds. The van der Waals surface area contributed by atoms with Crippen molar-refractivity contribution in [3.8, 4) is 23.2 Å². The molecule has 8 heteroatoms. The molecular weight excluding hydrogens is 376 g/mol. The molecule has 0 bridgehead atoms. The zero-order valence-corrected chi connectivity index (χ0v) is 16.6. The lowest BCUT2D eigenvalue weighted by atomic mass is 9.86. The van der Waals surface area contributed by atoms with Gasteiger partial charge >= 0.3 is 0 Å². The second kappa shape index (κ2) is 7.54. The van der Waals surface area contributed by atoms with Gasteiger partial charge in [0.25, 0.3) is 5.91 Å². The van der Waals surface area contributed by atoms with Crippen molar-refractivity contribution in [3.63, 3.8) is 0 Å². The van der Waals surface area contributed by atoms with Crippen LogP contribution in [0.15, 0.2) is 12.3 Å². The van der Waals surface area contributed by atoms with Crippen molar-refractivity contribution in [2.75, 3.05) is 6.54 Å². The van der Waals surface area contributed by atoms with Crippen LogP contribution >= 0.6 is 0 Å². The smallest absolute Gasteiger partial charge is 0.298 e. The zero-order chi connectivity index (χ0) is 20.6. The van der Waals surface area contributed by atoms with Crippen LogP contribution in [0, 0.1) is 11.8 Å². The summed E-state index contributed by atoms with van der Waals surface area (Å²) in [5.74, 6) is 2.86. The zero-order valence-electron chi connectivity index (χ0n) is 16.6. The van der Waals surface area contributed by atoms with E-state index in [1.165, 1.54) is 0 Å². The van der Waals surface area contributed by atoms with Gasteiger partial charge in [-0.3, -0.25) is 9.48 Å². The molecule has 0 radical (unpaired) electrons. The number of aryl methyl sites for hydroxylation is 1. The van der Waals surface area contributed by atoms with E-state index < -0.39 is 5.92 Å². The average Bonchev–Trinajstić information content (AvgIpc) is 3.13. The minimum Gasteiger partial charge on any atom is -0.326 e. The highest BCUT2D eigenvalue weighted by atomic mass is 19.3. The standard InChI is InChI=1S/C21H23F2N5O/c1-3-4-18(29)28-12-7-15-17(13-28)24-20(14-5-9-21(22,23)10-6-14)25-19(15)16-8-11-27(2)26-16/h8,11,14H,5-7,9-10,12-13H2,1-2H3. The van der Waals surface area contributed by atoms with Crippen LogP contribution in [-0.2, 0) is 24.8 Å². The van der Waals surface area contributed by atoms with E-state index in [4.69, 9.17) is 9.97 Å². The van der Waals surface area contributed by atoms with E-state index in [2.05, 4.69) is 16.9 Å². The first-order chi connectivity index (χ1) is 13.9. The second-order valence-corrected chi connectivity index (χ2v) is 7.71. The van der Waals surface area contributed by atoms with Crippen molar-refractivity contribution in [1.82, 2.24) is 24.6 Å². The molecule has 1 saturated carbocycles. The van der Waals surface area contributed by atoms with Crippen molar-refractivity contribution in [2.45, 2.75) is 57.4 Å². The molecule has 0 atom stereocenters. The number of fused-ring (bicyclic) bond motifs is 1. The quantitative estimate of drug-likeness (QED) is 0.728. The number of halogens is 2. The van der Waals surface area contributed by atoms with Crippen LogP contribution in [0.1, 0.15) is 55.6 Å². The van der Waals surface area contributed by atoms with Crippen molar-refractivity contribution in [2.24, 2.45) is 7.05 Å². The van der Waals surface area contributed by atoms with Gasteiger partial charge in [-0.15, -0.1) is 0 Å². The third-order valence-corrected chi connectivity index (χ3v) is 5.64. The monoisotopic (exact) mass is 399 g/mol. The summed E-state index contributed by atoms with van der Waals surface area (Å²) in [6.45, 7) is 2.52. The van der Waals surface area contributed by atoms with Crippen molar-refractivity contribution < 1.29 is 13.6 Å². The summed E-state index contributed by atoms with van der Waals surface area (Å²) in [7, 11) is 1.84. The highest BCUT2D eigenvalue weighted by Crippen LogP contribution is 2.41. The summed E-state index contributed by atoms with van der Waals surface area (Å²) in [5, 5.41) is 4.49. The first-order valence-electron chi connectivity index (χ1n) is 9.85. The minimum atomic E-state index is -2.60. The Balaban J connectivity index is 1.73. The third-order valence-electron chi connectivity index (χ3n) is 5.64. The van der Waals surface area contributed by atoms with Crippen LogP contribution in [0.3, 0.4) is 0 Å². The molecule has 0 aromatic carbocycles. The third kappa shape index (κ3) is 4.00. The van der Waals surface area contributed by atoms with Gasteiger partial charge < -0.3 is 4.90 Å². The summed E-state index contributed by atoms with van der Waals surface area (Å²) < 4.78 is 28.9. The lowest BCUT2D eigenvalue weighted by Gasteiger charge is -2.30. The van der Waals surface area contributed by atoms with Crippen LogP contribution in [0.25, 0.3) is 11.4 Å². The predicted molar refractivity (Wildman–Crippen MR) is 103 cm³/mol. The van der Waals surface area contributed by atoms with Crippen LogP contribution in [0.4, 0.5) is 8.78 Å². The molecule has 2 aromatic rings. The number of carbonyl (C=O) groups excluding carboxylic acids is 1. The van der Waals surface area contributed by atoms with Gasteiger partial charge in [0, 0.05) is 44.1 Å². The number of alkyl halides is 2. The Kier molecular flexibility index (Phi) is 5.07. The van der Waals surface area contributed by atoms with Crippen LogP contribution in [0.2, 0.25) is 0 Å². The molecule has 1 fully saturated rings. The summed E-state index contributed by atoms with van der Waals surface area (Å²) in [6.07, 6.45) is 2.89. The highest BCUT2D eigenvalue weighted by molar-refractivity contribution is 5.93. The first kappa shape index (κ1) is 19.5. The van der Waals surface area contributed by atoms with Gasteiger partial charge in [0.2, 0.25) is 5.92 Å². The van der Waals surface area contributed by atoms with E-state index in [0.717, 1.165) is 22.6 Å². The van der Waals surface area contributed by atoms with Crippen molar-refractivity contribution in [3.05, 3.63) is 29.3 Å². The molecule has 0 N–H and O–H groups in total. The van der Waals surface area contributed by atoms with E-state index >= 15 is 0 Å². The highest BCUT2D eigenvalue weighted by Gasteiger charge is 2.37. The fourth-order valence-corrected chi connectivity index (χ4v) is 4.04. The average molecular weight is 399 g/mol. The molecule has 29 heavy (non-hydrogen) atoms. The maximum atomic E-state index is 13.6. The van der Waals surface area contributed by atoms with Gasteiger partial charge in [0.1, 0.15) is 11.5 Å². The number of carbonyl (C=O) groups is 1. The fourth-order valence-electron chi connectivity index (χ4n) is 4.04. The van der Waals surface area contributed by atoms with E-state index in [9.17, 15) is 13.6 Å². The number of amides is 1. The van der Waals surface area contributed by atoms with Crippen LogP contribution in [-0.4, -0.2) is 43.0 Å². The largest absolute Gasteiger partial charge is 0.326 e. The van der Waals surface area contributed by atoms with E-state index in [0.29, 0.717) is 38.2 Å². The topological polar surface area (TPSA) is 63.9 Å². The Labute approximate surface area is 168 Å². The summed E-state index contributed by atoms with van der Waals surface area (Å²) in [4.78, 5) is 23.4. The number of hydrogen-bond donors (Lipinski definition) is 0. The molecule has 0 spiro atoms. The van der Waals surface area contributed by atoms with Gasteiger partial charge in [-0.25, -0.2) is 18.7 Å². The van der Waals surface area contributed by atoms with E-state index in [1.54, 1.807) is 16.5 Å². The summed E-state index contributed by atoms with van der Waals surface area (Å²) >= 11 is 0. The Bertz CT molecular complexity index is 994. The molecule has 2 aromatic heterocycles. The van der Waals surface area contributed by atoms with Crippen molar-refractivity contribution >= 4 is 5.91 Å². The first-order valence-corrected chi connectivity index (χ1v) is 9.85. The van der Waals surface area contributed by atoms with Gasteiger partial charge in [-0.05, 0) is 38.2 Å². The normalized spacial score (nSPS) is 18.7. The van der Waals surface area contributed by atoms with Crippen LogP contribution < -0.4 is 0 Å². The number of aromatic nitrogens is 4. The molecule has 0 unspecified atom stereocenters.